The Morgan fingerprint density at radius 2 is 2.08 bits per heavy atom. The number of nitrogens with zero attached hydrogens (tertiary/aromatic N) is 2. The van der Waals surface area contributed by atoms with Crippen LogP contribution in [0, 0.1) is 6.92 Å². The number of amides is 1. The van der Waals surface area contributed by atoms with Gasteiger partial charge in [-0.2, -0.15) is 0 Å². The van der Waals surface area contributed by atoms with Gasteiger partial charge in [-0.3, -0.25) is 9.78 Å². The molecule has 5 nitrogen and oxygen atoms in total. The van der Waals surface area contributed by atoms with Crippen LogP contribution in [0.25, 0.3) is 0 Å². The molecule has 2 aliphatic rings. The fourth-order valence-electron chi connectivity index (χ4n) is 3.45. The number of hydrogen-bond acceptors (Lipinski definition) is 4. The zero-order chi connectivity index (χ0) is 16.5. The van der Waals surface area contributed by atoms with Crippen LogP contribution in [-0.2, 0) is 0 Å². The lowest BCUT2D eigenvalue weighted by Gasteiger charge is -2.29. The molecule has 0 bridgehead atoms. The number of benzene rings is 1. The summed E-state index contributed by atoms with van der Waals surface area (Å²) in [5.74, 6) is 1.59. The largest absolute Gasteiger partial charge is 0.486 e. The molecule has 1 amide bonds. The molecule has 2 aromatic rings. The molecule has 0 unspecified atom stereocenters. The summed E-state index contributed by atoms with van der Waals surface area (Å²) in [6.07, 6.45) is 3.58. The van der Waals surface area contributed by atoms with Gasteiger partial charge in [-0.05, 0) is 38.0 Å². The van der Waals surface area contributed by atoms with E-state index < -0.39 is 0 Å². The Balaban J connectivity index is 1.66. The first kappa shape index (κ1) is 15.0. The van der Waals surface area contributed by atoms with Crippen molar-refractivity contribution < 1.29 is 14.3 Å². The van der Waals surface area contributed by atoms with Gasteiger partial charge in [-0.25, -0.2) is 0 Å². The summed E-state index contributed by atoms with van der Waals surface area (Å²) in [6, 6.07) is 9.67. The summed E-state index contributed by atoms with van der Waals surface area (Å²) < 4.78 is 11.5. The average molecular weight is 324 g/mol. The van der Waals surface area contributed by atoms with Crippen molar-refractivity contribution in [2.75, 3.05) is 19.8 Å². The number of hydrogen-bond donors (Lipinski definition) is 0. The number of carbonyl (C=O) groups excluding carboxylic acids is 1. The Hall–Kier alpha value is -2.56. The average Bonchev–Trinajstić information content (AvgIpc) is 3.11. The van der Waals surface area contributed by atoms with Crippen LogP contribution in [0.3, 0.4) is 0 Å². The number of aromatic nitrogens is 1. The Morgan fingerprint density at radius 3 is 2.92 bits per heavy atom. The zero-order valence-corrected chi connectivity index (χ0v) is 13.7. The Labute approximate surface area is 141 Å². The molecule has 5 heteroatoms. The highest BCUT2D eigenvalue weighted by atomic mass is 16.6. The molecular formula is C19H20N2O3. The normalized spacial score (nSPS) is 19.4. The fourth-order valence-corrected chi connectivity index (χ4v) is 3.45. The molecule has 0 radical (unpaired) electrons. The minimum atomic E-state index is 0.0236. The molecule has 2 aliphatic heterocycles. The van der Waals surface area contributed by atoms with Crippen LogP contribution < -0.4 is 9.47 Å². The molecule has 124 valence electrons. The molecule has 1 aromatic carbocycles. The number of aryl methyl sites for hydroxylation is 1. The number of pyridine rings is 1. The molecule has 1 atom stereocenters. The van der Waals surface area contributed by atoms with Crippen LogP contribution in [0.1, 0.15) is 40.5 Å². The van der Waals surface area contributed by atoms with Gasteiger partial charge in [-0.1, -0.05) is 12.1 Å². The minimum absolute atomic E-state index is 0.0236. The van der Waals surface area contributed by atoms with Gasteiger partial charge in [0.15, 0.2) is 11.5 Å². The highest BCUT2D eigenvalue weighted by molar-refractivity contribution is 5.94. The van der Waals surface area contributed by atoms with Gasteiger partial charge in [0.25, 0.3) is 5.91 Å². The summed E-state index contributed by atoms with van der Waals surface area (Å²) in [4.78, 5) is 19.1. The summed E-state index contributed by atoms with van der Waals surface area (Å²) >= 11 is 0. The summed E-state index contributed by atoms with van der Waals surface area (Å²) in [5, 5.41) is 0. The lowest BCUT2D eigenvalue weighted by molar-refractivity contribution is 0.0730. The molecule has 1 aromatic heterocycles. The van der Waals surface area contributed by atoms with E-state index in [4.69, 9.17) is 9.47 Å². The van der Waals surface area contributed by atoms with Crippen LogP contribution in [0.2, 0.25) is 0 Å². The van der Waals surface area contributed by atoms with E-state index in [0.29, 0.717) is 18.8 Å². The van der Waals surface area contributed by atoms with E-state index in [-0.39, 0.29) is 11.9 Å². The van der Waals surface area contributed by atoms with E-state index in [1.165, 1.54) is 0 Å². The van der Waals surface area contributed by atoms with Crippen molar-refractivity contribution in [2.24, 2.45) is 0 Å². The Kier molecular flexibility index (Phi) is 3.84. The molecule has 3 heterocycles. The third kappa shape index (κ3) is 2.60. The maximum Gasteiger partial charge on any atom is 0.255 e. The Bertz CT molecular complexity index is 758. The highest BCUT2D eigenvalue weighted by Crippen LogP contribution is 2.43. The number of carbonyl (C=O) groups is 1. The molecule has 1 fully saturated rings. The predicted octanol–water partition coefficient (Wildman–Crippen LogP) is 3.14. The first-order valence-electron chi connectivity index (χ1n) is 8.36. The monoisotopic (exact) mass is 324 g/mol. The number of para-hydroxylation sites is 1. The fraction of sp³-hybridized carbons (Fsp3) is 0.368. The van der Waals surface area contributed by atoms with E-state index in [1.807, 2.05) is 42.2 Å². The van der Waals surface area contributed by atoms with Crippen molar-refractivity contribution in [3.8, 4) is 11.5 Å². The number of rotatable bonds is 2. The van der Waals surface area contributed by atoms with E-state index in [2.05, 4.69) is 4.98 Å². The number of fused-ring (bicyclic) bond motifs is 1. The standard InChI is InChI=1S/C19H20N2O3/c1-13-7-8-14(12-20-13)19(22)21-9-3-5-16(21)15-4-2-6-17-18(15)24-11-10-23-17/h2,4,6-8,12,16H,3,5,9-11H2,1H3/t16-/m0/s1. The van der Waals surface area contributed by atoms with Gasteiger partial charge >= 0.3 is 0 Å². The van der Waals surface area contributed by atoms with Gasteiger partial charge in [0.05, 0.1) is 11.6 Å². The third-order valence-electron chi connectivity index (χ3n) is 4.63. The first-order chi connectivity index (χ1) is 11.7. The number of likely N-dealkylation sites (tertiary alicyclic amines) is 1. The predicted molar refractivity (Wildman–Crippen MR) is 89.4 cm³/mol. The highest BCUT2D eigenvalue weighted by Gasteiger charge is 2.34. The second-order valence-corrected chi connectivity index (χ2v) is 6.22. The SMILES string of the molecule is Cc1ccc(C(=O)N2CCC[C@H]2c2cccc3c2OCCO3)cn1. The van der Waals surface area contributed by atoms with Gasteiger partial charge in [0.1, 0.15) is 13.2 Å². The maximum absolute atomic E-state index is 12.9. The summed E-state index contributed by atoms with van der Waals surface area (Å²) in [5.41, 5.74) is 2.58. The van der Waals surface area contributed by atoms with E-state index >= 15 is 0 Å². The van der Waals surface area contributed by atoms with Gasteiger partial charge in [0, 0.05) is 24.0 Å². The Morgan fingerprint density at radius 1 is 1.21 bits per heavy atom. The van der Waals surface area contributed by atoms with Crippen molar-refractivity contribution >= 4 is 5.91 Å². The van der Waals surface area contributed by atoms with Crippen LogP contribution in [-0.4, -0.2) is 35.5 Å². The van der Waals surface area contributed by atoms with Crippen molar-refractivity contribution in [3.63, 3.8) is 0 Å². The van der Waals surface area contributed by atoms with E-state index in [1.54, 1.807) is 6.20 Å². The lowest BCUT2D eigenvalue weighted by atomic mass is 10.0. The van der Waals surface area contributed by atoms with Gasteiger partial charge < -0.3 is 14.4 Å². The van der Waals surface area contributed by atoms with Gasteiger partial charge in [0.2, 0.25) is 0 Å². The molecule has 1 saturated heterocycles. The molecule has 0 saturated carbocycles. The van der Waals surface area contributed by atoms with Crippen molar-refractivity contribution in [3.05, 3.63) is 53.3 Å². The van der Waals surface area contributed by atoms with Crippen molar-refractivity contribution in [1.29, 1.82) is 0 Å². The van der Waals surface area contributed by atoms with E-state index in [0.717, 1.165) is 42.1 Å². The molecule has 4 rings (SSSR count). The second kappa shape index (κ2) is 6.15. The van der Waals surface area contributed by atoms with Crippen LogP contribution in [0.4, 0.5) is 0 Å². The van der Waals surface area contributed by atoms with Crippen LogP contribution in [0.15, 0.2) is 36.5 Å². The summed E-state index contributed by atoms with van der Waals surface area (Å²) in [7, 11) is 0. The molecule has 0 spiro atoms. The maximum atomic E-state index is 12.9. The number of ether oxygens (including phenoxy) is 2. The second-order valence-electron chi connectivity index (χ2n) is 6.22. The van der Waals surface area contributed by atoms with Gasteiger partial charge in [-0.15, -0.1) is 0 Å². The summed E-state index contributed by atoms with van der Waals surface area (Å²) in [6.45, 7) is 3.79. The quantitative estimate of drug-likeness (QED) is 0.851. The smallest absolute Gasteiger partial charge is 0.255 e. The van der Waals surface area contributed by atoms with Crippen molar-refractivity contribution in [1.82, 2.24) is 9.88 Å². The van der Waals surface area contributed by atoms with Crippen molar-refractivity contribution in [2.45, 2.75) is 25.8 Å². The third-order valence-corrected chi connectivity index (χ3v) is 4.63. The molecule has 24 heavy (non-hydrogen) atoms. The van der Waals surface area contributed by atoms with Crippen LogP contribution >= 0.6 is 0 Å². The van der Waals surface area contributed by atoms with Crippen LogP contribution in [0.5, 0.6) is 11.5 Å². The van der Waals surface area contributed by atoms with E-state index in [9.17, 15) is 4.79 Å². The lowest BCUT2D eigenvalue weighted by Crippen LogP contribution is -2.31. The molecular weight excluding hydrogens is 304 g/mol. The minimum Gasteiger partial charge on any atom is -0.486 e. The molecule has 0 N–H and O–H groups in total. The zero-order valence-electron chi connectivity index (χ0n) is 13.7. The topological polar surface area (TPSA) is 51.7 Å². The first-order valence-corrected chi connectivity index (χ1v) is 8.36. The molecule has 0 aliphatic carbocycles.